The number of likely N-dealkylation sites (N-methyl/N-ethyl adjacent to an activating group) is 1. The molecule has 0 bridgehead atoms. The zero-order valence-electron chi connectivity index (χ0n) is 12.5. The first-order chi connectivity index (χ1) is 9.63. The van der Waals surface area contributed by atoms with Crippen LogP contribution in [0.3, 0.4) is 0 Å². The van der Waals surface area contributed by atoms with Crippen LogP contribution in [-0.2, 0) is 4.79 Å². The monoisotopic (exact) mass is 277 g/mol. The number of piperazine rings is 1. The Morgan fingerprint density at radius 3 is 2.60 bits per heavy atom. The van der Waals surface area contributed by atoms with Crippen LogP contribution in [0, 0.1) is 0 Å². The van der Waals surface area contributed by atoms with Crippen molar-refractivity contribution in [2.45, 2.75) is 13.3 Å². The smallest absolute Gasteiger partial charge is 0.224 e. The Hall–Kier alpha value is -1.75. The van der Waals surface area contributed by atoms with Crippen LogP contribution in [-0.4, -0.2) is 51.1 Å². The third kappa shape index (κ3) is 3.42. The molecular formula is C15H23N3O2. The first-order valence-electron chi connectivity index (χ1n) is 7.05. The number of carbonyl (C=O) groups excluding carboxylic acids is 1. The summed E-state index contributed by atoms with van der Waals surface area (Å²) >= 11 is 0. The van der Waals surface area contributed by atoms with Crippen molar-refractivity contribution in [1.82, 2.24) is 4.90 Å². The molecule has 20 heavy (non-hydrogen) atoms. The number of nitrogens with zero attached hydrogens (tertiary/aromatic N) is 2. The second-order valence-electron chi connectivity index (χ2n) is 5.08. The van der Waals surface area contributed by atoms with E-state index in [1.54, 1.807) is 7.11 Å². The van der Waals surface area contributed by atoms with Crippen LogP contribution in [0.5, 0.6) is 5.75 Å². The summed E-state index contributed by atoms with van der Waals surface area (Å²) in [5.41, 5.74) is 1.88. The van der Waals surface area contributed by atoms with Crippen molar-refractivity contribution in [3.63, 3.8) is 0 Å². The average molecular weight is 277 g/mol. The minimum atomic E-state index is -0.00109. The lowest BCUT2D eigenvalue weighted by molar-refractivity contribution is -0.115. The summed E-state index contributed by atoms with van der Waals surface area (Å²) in [6.45, 7) is 5.96. The molecule has 1 aromatic rings. The first kappa shape index (κ1) is 14.7. The zero-order chi connectivity index (χ0) is 14.5. The number of hydrogen-bond donors (Lipinski definition) is 1. The van der Waals surface area contributed by atoms with Crippen molar-refractivity contribution in [2.75, 3.05) is 50.6 Å². The molecular weight excluding hydrogens is 254 g/mol. The summed E-state index contributed by atoms with van der Waals surface area (Å²) in [6.07, 6.45) is 0.460. The number of amides is 1. The van der Waals surface area contributed by atoms with Crippen LogP contribution in [0.2, 0.25) is 0 Å². The van der Waals surface area contributed by atoms with Gasteiger partial charge in [-0.25, -0.2) is 0 Å². The highest BCUT2D eigenvalue weighted by Crippen LogP contribution is 2.30. The van der Waals surface area contributed by atoms with Crippen LogP contribution in [0.25, 0.3) is 0 Å². The Morgan fingerprint density at radius 1 is 1.30 bits per heavy atom. The molecule has 1 fully saturated rings. The Morgan fingerprint density at radius 2 is 2.00 bits per heavy atom. The number of carbonyl (C=O) groups is 1. The van der Waals surface area contributed by atoms with Crippen LogP contribution >= 0.6 is 0 Å². The van der Waals surface area contributed by atoms with Crippen LogP contribution in [0.1, 0.15) is 13.3 Å². The van der Waals surface area contributed by atoms with Gasteiger partial charge < -0.3 is 19.9 Å². The number of benzene rings is 1. The molecule has 0 aliphatic carbocycles. The topological polar surface area (TPSA) is 44.8 Å². The van der Waals surface area contributed by atoms with Gasteiger partial charge in [0.1, 0.15) is 5.75 Å². The van der Waals surface area contributed by atoms with Crippen molar-refractivity contribution in [3.05, 3.63) is 18.2 Å². The molecule has 0 aromatic heterocycles. The Bertz CT molecular complexity index is 468. The second-order valence-corrected chi connectivity index (χ2v) is 5.08. The van der Waals surface area contributed by atoms with Crippen LogP contribution in [0.15, 0.2) is 18.2 Å². The van der Waals surface area contributed by atoms with Gasteiger partial charge in [-0.05, 0) is 25.2 Å². The first-order valence-corrected chi connectivity index (χ1v) is 7.05. The van der Waals surface area contributed by atoms with E-state index < -0.39 is 0 Å². The van der Waals surface area contributed by atoms with E-state index in [1.807, 2.05) is 25.1 Å². The second kappa shape index (κ2) is 6.61. The lowest BCUT2D eigenvalue weighted by Gasteiger charge is -2.34. The van der Waals surface area contributed by atoms with Crippen molar-refractivity contribution in [2.24, 2.45) is 0 Å². The number of nitrogens with one attached hydrogen (secondary N) is 1. The highest BCUT2D eigenvalue weighted by molar-refractivity contribution is 5.92. The van der Waals surface area contributed by atoms with Gasteiger partial charge in [-0.1, -0.05) is 6.92 Å². The molecule has 0 atom stereocenters. The molecule has 5 heteroatoms. The minimum absolute atomic E-state index is 0.00109. The minimum Gasteiger partial charge on any atom is -0.495 e. The van der Waals surface area contributed by atoms with Gasteiger partial charge in [-0.3, -0.25) is 4.79 Å². The van der Waals surface area contributed by atoms with Crippen molar-refractivity contribution in [1.29, 1.82) is 0 Å². The van der Waals surface area contributed by atoms with E-state index in [-0.39, 0.29) is 5.91 Å². The molecule has 1 amide bonds. The Kier molecular flexibility index (Phi) is 4.84. The normalized spacial score (nSPS) is 16.1. The van der Waals surface area contributed by atoms with Gasteiger partial charge in [-0.15, -0.1) is 0 Å². The zero-order valence-corrected chi connectivity index (χ0v) is 12.5. The van der Waals surface area contributed by atoms with Crippen LogP contribution < -0.4 is 15.0 Å². The Labute approximate surface area is 120 Å². The van der Waals surface area contributed by atoms with Gasteiger partial charge in [0.15, 0.2) is 0 Å². The fraction of sp³-hybridized carbons (Fsp3) is 0.533. The van der Waals surface area contributed by atoms with Gasteiger partial charge in [-0.2, -0.15) is 0 Å². The van der Waals surface area contributed by atoms with E-state index in [4.69, 9.17) is 4.74 Å². The quantitative estimate of drug-likeness (QED) is 0.911. The van der Waals surface area contributed by atoms with Gasteiger partial charge >= 0.3 is 0 Å². The van der Waals surface area contributed by atoms with E-state index in [0.717, 1.165) is 37.6 Å². The lowest BCUT2D eigenvalue weighted by Crippen LogP contribution is -2.44. The standard InChI is InChI=1S/C15H23N3O2/c1-4-15(19)16-13-11-12(5-6-14(13)20-3)18-9-7-17(2)8-10-18/h5-6,11H,4,7-10H2,1-3H3,(H,16,19). The molecule has 1 heterocycles. The van der Waals surface area contributed by atoms with Gasteiger partial charge in [0.2, 0.25) is 5.91 Å². The molecule has 1 N–H and O–H groups in total. The fourth-order valence-corrected chi connectivity index (χ4v) is 2.29. The Balaban J connectivity index is 2.18. The summed E-state index contributed by atoms with van der Waals surface area (Å²) in [4.78, 5) is 16.2. The number of rotatable bonds is 4. The molecule has 1 aromatic carbocycles. The molecule has 2 rings (SSSR count). The largest absolute Gasteiger partial charge is 0.495 e. The lowest BCUT2D eigenvalue weighted by atomic mass is 10.2. The van der Waals surface area contributed by atoms with Gasteiger partial charge in [0.25, 0.3) is 0 Å². The maximum absolute atomic E-state index is 11.6. The molecule has 0 spiro atoms. The SMILES string of the molecule is CCC(=O)Nc1cc(N2CCN(C)CC2)ccc1OC. The highest BCUT2D eigenvalue weighted by atomic mass is 16.5. The molecule has 5 nitrogen and oxygen atoms in total. The predicted molar refractivity (Wildman–Crippen MR) is 81.6 cm³/mol. The van der Waals surface area contributed by atoms with E-state index in [2.05, 4.69) is 22.2 Å². The van der Waals surface area contributed by atoms with Crippen molar-refractivity contribution >= 4 is 17.3 Å². The molecule has 1 saturated heterocycles. The maximum atomic E-state index is 11.6. The molecule has 1 aliphatic rings. The molecule has 110 valence electrons. The van der Waals surface area contributed by atoms with Crippen molar-refractivity contribution in [3.8, 4) is 5.75 Å². The van der Waals surface area contributed by atoms with Crippen LogP contribution in [0.4, 0.5) is 11.4 Å². The number of anilines is 2. The summed E-state index contributed by atoms with van der Waals surface area (Å²) in [7, 11) is 3.75. The molecule has 0 radical (unpaired) electrons. The van der Waals surface area contributed by atoms with Crippen molar-refractivity contribution < 1.29 is 9.53 Å². The third-order valence-electron chi connectivity index (χ3n) is 3.65. The molecule has 1 aliphatic heterocycles. The highest BCUT2D eigenvalue weighted by Gasteiger charge is 2.16. The van der Waals surface area contributed by atoms with Gasteiger partial charge in [0.05, 0.1) is 12.8 Å². The average Bonchev–Trinajstić information content (AvgIpc) is 2.48. The third-order valence-corrected chi connectivity index (χ3v) is 3.65. The van der Waals surface area contributed by atoms with E-state index >= 15 is 0 Å². The van der Waals surface area contributed by atoms with E-state index in [0.29, 0.717) is 12.2 Å². The number of ether oxygens (including phenoxy) is 1. The fourth-order valence-electron chi connectivity index (χ4n) is 2.29. The molecule has 0 unspecified atom stereocenters. The summed E-state index contributed by atoms with van der Waals surface area (Å²) in [5.74, 6) is 0.698. The number of methoxy groups -OCH3 is 1. The summed E-state index contributed by atoms with van der Waals surface area (Å²) in [5, 5.41) is 2.90. The number of hydrogen-bond acceptors (Lipinski definition) is 4. The van der Waals surface area contributed by atoms with Gasteiger partial charge in [0, 0.05) is 38.3 Å². The summed E-state index contributed by atoms with van der Waals surface area (Å²) < 4.78 is 5.31. The maximum Gasteiger partial charge on any atom is 0.224 e. The molecule has 0 saturated carbocycles. The summed E-state index contributed by atoms with van der Waals surface area (Å²) in [6, 6.07) is 5.96. The van der Waals surface area contributed by atoms with E-state index in [9.17, 15) is 4.79 Å². The predicted octanol–water partition coefficient (Wildman–Crippen LogP) is 1.80. The van der Waals surface area contributed by atoms with E-state index in [1.165, 1.54) is 0 Å².